The minimum atomic E-state index is -0.544. The number of aromatic nitrogens is 2. The highest BCUT2D eigenvalue weighted by Crippen LogP contribution is 2.43. The SMILES string of the molecule is c1ccc(Sc2nccn2C(c2ccccc2)(c2ccccc2)c2ccccc2)cc1. The highest BCUT2D eigenvalue weighted by molar-refractivity contribution is 7.99. The Morgan fingerprint density at radius 2 is 0.968 bits per heavy atom. The van der Waals surface area contributed by atoms with Crippen LogP contribution in [0.2, 0.25) is 0 Å². The van der Waals surface area contributed by atoms with E-state index in [0.29, 0.717) is 0 Å². The van der Waals surface area contributed by atoms with Crippen molar-refractivity contribution in [1.29, 1.82) is 0 Å². The first-order valence-electron chi connectivity index (χ1n) is 10.3. The van der Waals surface area contributed by atoms with Gasteiger partial charge in [-0.25, -0.2) is 4.98 Å². The standard InChI is InChI=1S/C28H22N2S/c1-5-13-23(14-6-1)28(24-15-7-2-8-16-24,25-17-9-3-10-18-25)30-22-21-29-27(30)31-26-19-11-4-12-20-26/h1-22H. The summed E-state index contributed by atoms with van der Waals surface area (Å²) in [4.78, 5) is 5.94. The fourth-order valence-corrected chi connectivity index (χ4v) is 5.08. The van der Waals surface area contributed by atoms with E-state index in [0.717, 1.165) is 10.1 Å². The van der Waals surface area contributed by atoms with Crippen LogP contribution in [0.5, 0.6) is 0 Å². The van der Waals surface area contributed by atoms with E-state index in [1.54, 1.807) is 11.8 Å². The maximum atomic E-state index is 4.78. The molecule has 0 aliphatic heterocycles. The van der Waals surface area contributed by atoms with E-state index in [-0.39, 0.29) is 0 Å². The van der Waals surface area contributed by atoms with Crippen molar-refractivity contribution in [2.24, 2.45) is 0 Å². The molecule has 150 valence electrons. The molecule has 0 radical (unpaired) electrons. The van der Waals surface area contributed by atoms with Gasteiger partial charge in [0, 0.05) is 17.3 Å². The zero-order chi connectivity index (χ0) is 20.9. The fourth-order valence-electron chi connectivity index (χ4n) is 4.17. The molecule has 5 aromatic rings. The lowest BCUT2D eigenvalue weighted by atomic mass is 9.77. The van der Waals surface area contributed by atoms with Crippen molar-refractivity contribution >= 4 is 11.8 Å². The first-order valence-corrected chi connectivity index (χ1v) is 11.1. The summed E-state index contributed by atoms with van der Waals surface area (Å²) in [5.74, 6) is 0. The molecule has 0 unspecified atom stereocenters. The van der Waals surface area contributed by atoms with Gasteiger partial charge in [0.05, 0.1) is 0 Å². The summed E-state index contributed by atoms with van der Waals surface area (Å²) in [5.41, 5.74) is 3.04. The third-order valence-corrected chi connectivity index (χ3v) is 6.49. The smallest absolute Gasteiger partial charge is 0.174 e. The highest BCUT2D eigenvalue weighted by Gasteiger charge is 2.39. The Balaban J connectivity index is 1.81. The van der Waals surface area contributed by atoms with Crippen molar-refractivity contribution in [3.63, 3.8) is 0 Å². The molecule has 0 amide bonds. The summed E-state index contributed by atoms with van der Waals surface area (Å²) >= 11 is 1.68. The van der Waals surface area contributed by atoms with Crippen LogP contribution in [-0.2, 0) is 5.54 Å². The molecule has 1 aromatic heterocycles. The van der Waals surface area contributed by atoms with E-state index in [1.165, 1.54) is 16.7 Å². The minimum absolute atomic E-state index is 0.544. The van der Waals surface area contributed by atoms with Gasteiger partial charge in [0.25, 0.3) is 0 Å². The summed E-state index contributed by atoms with van der Waals surface area (Å²) in [6, 6.07) is 42.5. The molecule has 0 aliphatic rings. The van der Waals surface area contributed by atoms with Gasteiger partial charge in [-0.15, -0.1) is 0 Å². The Kier molecular flexibility index (Phi) is 5.42. The average Bonchev–Trinajstić information content (AvgIpc) is 3.31. The molecule has 0 N–H and O–H groups in total. The molecule has 0 fully saturated rings. The van der Waals surface area contributed by atoms with Crippen LogP contribution in [0.15, 0.2) is 144 Å². The second-order valence-electron chi connectivity index (χ2n) is 7.30. The number of hydrogen-bond acceptors (Lipinski definition) is 2. The summed E-state index contributed by atoms with van der Waals surface area (Å²) < 4.78 is 2.31. The summed E-state index contributed by atoms with van der Waals surface area (Å²) in [6.07, 6.45) is 3.99. The lowest BCUT2D eigenvalue weighted by Crippen LogP contribution is -2.37. The fraction of sp³-hybridized carbons (Fsp3) is 0.0357. The Labute approximate surface area is 187 Å². The number of nitrogens with zero attached hydrogens (tertiary/aromatic N) is 2. The van der Waals surface area contributed by atoms with Gasteiger partial charge in [0.1, 0.15) is 5.54 Å². The zero-order valence-electron chi connectivity index (χ0n) is 17.0. The first kappa shape index (κ1) is 19.4. The molecular weight excluding hydrogens is 396 g/mol. The van der Waals surface area contributed by atoms with Crippen LogP contribution in [0.25, 0.3) is 0 Å². The highest BCUT2D eigenvalue weighted by atomic mass is 32.2. The second-order valence-corrected chi connectivity index (χ2v) is 8.34. The predicted octanol–water partition coefficient (Wildman–Crippen LogP) is 6.87. The zero-order valence-corrected chi connectivity index (χ0v) is 17.8. The maximum absolute atomic E-state index is 4.78. The van der Waals surface area contributed by atoms with Crippen molar-refractivity contribution in [2.45, 2.75) is 15.6 Å². The van der Waals surface area contributed by atoms with E-state index < -0.39 is 5.54 Å². The molecule has 31 heavy (non-hydrogen) atoms. The van der Waals surface area contributed by atoms with Gasteiger partial charge in [0.2, 0.25) is 0 Å². The Morgan fingerprint density at radius 3 is 1.42 bits per heavy atom. The molecular formula is C28H22N2S. The maximum Gasteiger partial charge on any atom is 0.174 e. The lowest BCUT2D eigenvalue weighted by Gasteiger charge is -2.38. The number of hydrogen-bond donors (Lipinski definition) is 0. The molecule has 0 atom stereocenters. The molecule has 1 heterocycles. The van der Waals surface area contributed by atoms with Crippen LogP contribution in [0.3, 0.4) is 0 Å². The average molecular weight is 419 g/mol. The van der Waals surface area contributed by atoms with Gasteiger partial charge < -0.3 is 4.57 Å². The van der Waals surface area contributed by atoms with E-state index in [4.69, 9.17) is 4.98 Å². The van der Waals surface area contributed by atoms with Crippen LogP contribution in [0, 0.1) is 0 Å². The molecule has 3 heteroatoms. The van der Waals surface area contributed by atoms with Crippen LogP contribution in [0.4, 0.5) is 0 Å². The summed E-state index contributed by atoms with van der Waals surface area (Å²) in [7, 11) is 0. The normalized spacial score (nSPS) is 11.4. The summed E-state index contributed by atoms with van der Waals surface area (Å²) in [5, 5.41) is 0.947. The van der Waals surface area contributed by atoms with E-state index in [9.17, 15) is 0 Å². The van der Waals surface area contributed by atoms with Gasteiger partial charge >= 0.3 is 0 Å². The van der Waals surface area contributed by atoms with Gasteiger partial charge in [-0.3, -0.25) is 0 Å². The molecule has 0 spiro atoms. The van der Waals surface area contributed by atoms with Crippen molar-refractivity contribution in [3.05, 3.63) is 150 Å². The molecule has 0 aliphatic carbocycles. The molecule has 5 rings (SSSR count). The number of benzene rings is 4. The monoisotopic (exact) mass is 418 g/mol. The minimum Gasteiger partial charge on any atom is -0.307 e. The van der Waals surface area contributed by atoms with E-state index >= 15 is 0 Å². The summed E-state index contributed by atoms with van der Waals surface area (Å²) in [6.45, 7) is 0. The molecule has 2 nitrogen and oxygen atoms in total. The van der Waals surface area contributed by atoms with Crippen LogP contribution >= 0.6 is 11.8 Å². The van der Waals surface area contributed by atoms with Crippen molar-refractivity contribution in [1.82, 2.24) is 9.55 Å². The predicted molar refractivity (Wildman–Crippen MR) is 127 cm³/mol. The topological polar surface area (TPSA) is 17.8 Å². The number of rotatable bonds is 6. The quantitative estimate of drug-likeness (QED) is 0.280. The molecule has 4 aromatic carbocycles. The van der Waals surface area contributed by atoms with Crippen molar-refractivity contribution in [2.75, 3.05) is 0 Å². The van der Waals surface area contributed by atoms with Crippen molar-refractivity contribution in [3.8, 4) is 0 Å². The van der Waals surface area contributed by atoms with Crippen LogP contribution in [0.1, 0.15) is 16.7 Å². The Bertz CT molecular complexity index is 1140. The first-order chi connectivity index (χ1) is 15.4. The third kappa shape index (κ3) is 3.58. The van der Waals surface area contributed by atoms with E-state index in [2.05, 4.69) is 126 Å². The molecule has 0 saturated carbocycles. The van der Waals surface area contributed by atoms with Crippen LogP contribution in [-0.4, -0.2) is 9.55 Å². The molecule has 0 saturated heterocycles. The second kappa shape index (κ2) is 8.66. The Hall–Kier alpha value is -3.56. The molecule has 0 bridgehead atoms. The van der Waals surface area contributed by atoms with Gasteiger partial charge in [0.15, 0.2) is 5.16 Å². The van der Waals surface area contributed by atoms with Gasteiger partial charge in [-0.2, -0.15) is 0 Å². The van der Waals surface area contributed by atoms with Gasteiger partial charge in [-0.1, -0.05) is 121 Å². The lowest BCUT2D eigenvalue weighted by molar-refractivity contribution is 0.475. The van der Waals surface area contributed by atoms with Gasteiger partial charge in [-0.05, 0) is 28.8 Å². The third-order valence-electron chi connectivity index (χ3n) is 5.50. The van der Waals surface area contributed by atoms with E-state index in [1.807, 2.05) is 12.3 Å². The van der Waals surface area contributed by atoms with Crippen LogP contribution < -0.4 is 0 Å². The number of imidazole rings is 1. The Morgan fingerprint density at radius 1 is 0.548 bits per heavy atom. The van der Waals surface area contributed by atoms with Crippen molar-refractivity contribution < 1.29 is 0 Å². The largest absolute Gasteiger partial charge is 0.307 e.